The molecule has 0 bridgehead atoms. The van der Waals surface area contributed by atoms with Crippen molar-refractivity contribution >= 4 is 23.8 Å². The summed E-state index contributed by atoms with van der Waals surface area (Å²) in [5.74, 6) is -0.191. The van der Waals surface area contributed by atoms with Crippen LogP contribution in [0, 0.1) is 12.3 Å². The molecule has 1 amide bonds. The molecule has 0 spiro atoms. The van der Waals surface area contributed by atoms with Gasteiger partial charge >= 0.3 is 0 Å². The first-order chi connectivity index (χ1) is 11.4. The van der Waals surface area contributed by atoms with Crippen LogP contribution in [-0.4, -0.2) is 23.5 Å². The summed E-state index contributed by atoms with van der Waals surface area (Å²) in [4.78, 5) is 22.9. The number of aryl methyl sites for hydroxylation is 2. The van der Waals surface area contributed by atoms with Crippen LogP contribution >= 0.6 is 11.6 Å². The Kier molecular flexibility index (Phi) is 8.43. The molecule has 0 aliphatic heterocycles. The number of benzene rings is 1. The Balaban J connectivity index is 2.53. The maximum Gasteiger partial charge on any atom is 0.222 e. The molecule has 0 aliphatic rings. The van der Waals surface area contributed by atoms with Gasteiger partial charge in [0, 0.05) is 17.9 Å². The molecule has 0 fully saturated rings. The van der Waals surface area contributed by atoms with Crippen LogP contribution in [0.5, 0.6) is 0 Å². The SMILES string of the molecule is CCC(CC)(CC=O)CC(O)NC(=O)CCc1ccc(Cl)cc1C. The number of aldehydes is 1. The molecule has 0 aromatic heterocycles. The Labute approximate surface area is 149 Å². The molecule has 4 nitrogen and oxygen atoms in total. The van der Waals surface area contributed by atoms with Crippen molar-refractivity contribution in [2.75, 3.05) is 0 Å². The van der Waals surface area contributed by atoms with Gasteiger partial charge in [-0.1, -0.05) is 31.5 Å². The second kappa shape index (κ2) is 9.80. The van der Waals surface area contributed by atoms with Crippen LogP contribution in [-0.2, 0) is 16.0 Å². The molecular weight excluding hydrogens is 326 g/mol. The van der Waals surface area contributed by atoms with Gasteiger partial charge in [-0.2, -0.15) is 0 Å². The topological polar surface area (TPSA) is 66.4 Å². The molecule has 134 valence electrons. The Bertz CT molecular complexity index is 556. The zero-order chi connectivity index (χ0) is 18.2. The molecule has 0 saturated heterocycles. The molecule has 5 heteroatoms. The average molecular weight is 354 g/mol. The van der Waals surface area contributed by atoms with E-state index in [2.05, 4.69) is 5.32 Å². The summed E-state index contributed by atoms with van der Waals surface area (Å²) in [7, 11) is 0. The van der Waals surface area contributed by atoms with Crippen molar-refractivity contribution in [2.24, 2.45) is 5.41 Å². The zero-order valence-corrected chi connectivity index (χ0v) is 15.5. The summed E-state index contributed by atoms with van der Waals surface area (Å²) in [6.45, 7) is 5.97. The monoisotopic (exact) mass is 353 g/mol. The minimum Gasteiger partial charge on any atom is -0.374 e. The van der Waals surface area contributed by atoms with Gasteiger partial charge in [0.15, 0.2) is 0 Å². The van der Waals surface area contributed by atoms with Crippen molar-refractivity contribution in [1.29, 1.82) is 0 Å². The Morgan fingerprint density at radius 1 is 1.38 bits per heavy atom. The molecule has 1 aromatic rings. The fraction of sp³-hybridized carbons (Fsp3) is 0.579. The molecule has 1 atom stereocenters. The molecule has 0 aliphatic carbocycles. The predicted molar refractivity (Wildman–Crippen MR) is 97.0 cm³/mol. The Morgan fingerprint density at radius 2 is 2.04 bits per heavy atom. The molecular formula is C19H28ClNO3. The van der Waals surface area contributed by atoms with Crippen molar-refractivity contribution in [2.45, 2.75) is 65.5 Å². The molecule has 1 rings (SSSR count). The summed E-state index contributed by atoms with van der Waals surface area (Å²) in [5, 5.41) is 13.5. The lowest BCUT2D eigenvalue weighted by Crippen LogP contribution is -2.39. The van der Waals surface area contributed by atoms with E-state index in [-0.39, 0.29) is 11.3 Å². The lowest BCUT2D eigenvalue weighted by atomic mass is 9.76. The van der Waals surface area contributed by atoms with E-state index in [0.29, 0.717) is 30.7 Å². The third-order valence-corrected chi connectivity index (χ3v) is 5.13. The predicted octanol–water partition coefficient (Wildman–Crippen LogP) is 3.80. The quantitative estimate of drug-likeness (QED) is 0.496. The molecule has 0 saturated carbocycles. The molecule has 0 radical (unpaired) electrons. The van der Waals surface area contributed by atoms with E-state index in [1.54, 1.807) is 0 Å². The second-order valence-electron chi connectivity index (χ2n) is 6.44. The van der Waals surface area contributed by atoms with Gasteiger partial charge in [-0.15, -0.1) is 0 Å². The molecule has 1 unspecified atom stereocenters. The van der Waals surface area contributed by atoms with Gasteiger partial charge in [-0.3, -0.25) is 4.79 Å². The van der Waals surface area contributed by atoms with Crippen LogP contribution in [0.15, 0.2) is 18.2 Å². The first kappa shape index (κ1) is 20.7. The number of aliphatic hydroxyl groups excluding tert-OH is 1. The second-order valence-corrected chi connectivity index (χ2v) is 6.87. The van der Waals surface area contributed by atoms with E-state index in [1.165, 1.54) is 0 Å². The highest BCUT2D eigenvalue weighted by Gasteiger charge is 2.29. The summed E-state index contributed by atoms with van der Waals surface area (Å²) in [6, 6.07) is 5.61. The van der Waals surface area contributed by atoms with Gasteiger partial charge in [0.2, 0.25) is 5.91 Å². The van der Waals surface area contributed by atoms with E-state index < -0.39 is 6.23 Å². The number of nitrogens with one attached hydrogen (secondary N) is 1. The molecule has 1 aromatic carbocycles. The normalized spacial score (nSPS) is 12.7. The maximum absolute atomic E-state index is 12.1. The summed E-state index contributed by atoms with van der Waals surface area (Å²) >= 11 is 5.93. The van der Waals surface area contributed by atoms with Crippen molar-refractivity contribution in [3.8, 4) is 0 Å². The largest absolute Gasteiger partial charge is 0.374 e. The van der Waals surface area contributed by atoms with Crippen molar-refractivity contribution < 1.29 is 14.7 Å². The van der Waals surface area contributed by atoms with Crippen LogP contribution in [0.4, 0.5) is 0 Å². The van der Waals surface area contributed by atoms with E-state index in [4.69, 9.17) is 11.6 Å². The number of hydrogen-bond donors (Lipinski definition) is 2. The number of carbonyl (C=O) groups excluding carboxylic acids is 2. The first-order valence-electron chi connectivity index (χ1n) is 8.52. The van der Waals surface area contributed by atoms with Crippen molar-refractivity contribution in [3.63, 3.8) is 0 Å². The van der Waals surface area contributed by atoms with E-state index in [1.807, 2.05) is 39.0 Å². The summed E-state index contributed by atoms with van der Waals surface area (Å²) < 4.78 is 0. The van der Waals surface area contributed by atoms with Gasteiger partial charge < -0.3 is 15.2 Å². The summed E-state index contributed by atoms with van der Waals surface area (Å²) in [6.07, 6.45) is 3.24. The van der Waals surface area contributed by atoms with Crippen LogP contribution < -0.4 is 5.32 Å². The van der Waals surface area contributed by atoms with E-state index in [0.717, 1.165) is 30.3 Å². The smallest absolute Gasteiger partial charge is 0.222 e. The lowest BCUT2D eigenvalue weighted by molar-refractivity contribution is -0.124. The maximum atomic E-state index is 12.1. The minimum atomic E-state index is -0.927. The minimum absolute atomic E-state index is 0.191. The van der Waals surface area contributed by atoms with E-state index >= 15 is 0 Å². The van der Waals surface area contributed by atoms with Gasteiger partial charge in [-0.25, -0.2) is 0 Å². The van der Waals surface area contributed by atoms with Gasteiger partial charge in [-0.05, 0) is 61.3 Å². The van der Waals surface area contributed by atoms with Gasteiger partial charge in [0.1, 0.15) is 12.5 Å². The highest BCUT2D eigenvalue weighted by atomic mass is 35.5. The molecule has 24 heavy (non-hydrogen) atoms. The summed E-state index contributed by atoms with van der Waals surface area (Å²) in [5.41, 5.74) is 1.88. The third kappa shape index (κ3) is 6.25. The van der Waals surface area contributed by atoms with Gasteiger partial charge in [0.25, 0.3) is 0 Å². The highest BCUT2D eigenvalue weighted by molar-refractivity contribution is 6.30. The zero-order valence-electron chi connectivity index (χ0n) is 14.8. The van der Waals surface area contributed by atoms with Crippen LogP contribution in [0.25, 0.3) is 0 Å². The third-order valence-electron chi connectivity index (χ3n) is 4.90. The number of amides is 1. The number of halogens is 1. The fourth-order valence-electron chi connectivity index (χ4n) is 2.99. The number of carbonyl (C=O) groups is 2. The average Bonchev–Trinajstić information content (AvgIpc) is 2.53. The Hall–Kier alpha value is -1.39. The first-order valence-corrected chi connectivity index (χ1v) is 8.89. The number of aliphatic hydroxyl groups is 1. The highest BCUT2D eigenvalue weighted by Crippen LogP contribution is 2.34. The lowest BCUT2D eigenvalue weighted by Gasteiger charge is -2.32. The number of rotatable bonds is 10. The van der Waals surface area contributed by atoms with Gasteiger partial charge in [0.05, 0.1) is 0 Å². The molecule has 2 N–H and O–H groups in total. The Morgan fingerprint density at radius 3 is 2.58 bits per heavy atom. The standard InChI is InChI=1S/C19H28ClNO3/c1-4-19(5-2,10-11-22)13-18(24)21-17(23)9-7-15-6-8-16(20)12-14(15)3/h6,8,11-12,18,24H,4-5,7,9-10,13H2,1-3H3,(H,21,23). The number of hydrogen-bond acceptors (Lipinski definition) is 3. The molecule has 0 heterocycles. The fourth-order valence-corrected chi connectivity index (χ4v) is 3.22. The van der Waals surface area contributed by atoms with Crippen molar-refractivity contribution in [3.05, 3.63) is 34.3 Å². The van der Waals surface area contributed by atoms with E-state index in [9.17, 15) is 14.7 Å². The van der Waals surface area contributed by atoms with Crippen LogP contribution in [0.2, 0.25) is 5.02 Å². The van der Waals surface area contributed by atoms with Crippen molar-refractivity contribution in [1.82, 2.24) is 5.32 Å². The van der Waals surface area contributed by atoms with Crippen LogP contribution in [0.1, 0.15) is 57.1 Å². The van der Waals surface area contributed by atoms with Crippen LogP contribution in [0.3, 0.4) is 0 Å².